The van der Waals surface area contributed by atoms with Gasteiger partial charge in [0.25, 0.3) is 0 Å². The molecule has 3 N–H and O–H groups in total. The van der Waals surface area contributed by atoms with Crippen LogP contribution in [-0.2, 0) is 0 Å². The molecule has 2 aromatic heterocycles. The first kappa shape index (κ1) is 12.4. The molecule has 1 aromatic carbocycles. The number of nitrogens with zero attached hydrogens (tertiary/aromatic N) is 2. The summed E-state index contributed by atoms with van der Waals surface area (Å²) in [5.74, 6) is 1.02. The predicted octanol–water partition coefficient (Wildman–Crippen LogP) is 4.09. The molecule has 0 unspecified atom stereocenters. The van der Waals surface area contributed by atoms with Crippen LogP contribution >= 0.6 is 27.3 Å². The van der Waals surface area contributed by atoms with Crippen molar-refractivity contribution in [2.24, 2.45) is 0 Å². The van der Waals surface area contributed by atoms with Crippen molar-refractivity contribution in [2.45, 2.75) is 6.92 Å². The highest BCUT2D eigenvalue weighted by atomic mass is 79.9. The standard InChI is InChI=1S/C13H11BrN4S/c1-7-9(14)3-2-4-10(7)16-11-8-5-6-19-12(8)18-13(15)17-11/h2-6H,1H3,(H3,15,16,17,18). The van der Waals surface area contributed by atoms with E-state index in [2.05, 4.69) is 31.2 Å². The molecule has 0 aliphatic heterocycles. The normalized spacial score (nSPS) is 10.8. The summed E-state index contributed by atoms with van der Waals surface area (Å²) in [6.45, 7) is 2.04. The molecule has 0 saturated heterocycles. The number of nitrogens with one attached hydrogen (secondary N) is 1. The van der Waals surface area contributed by atoms with Gasteiger partial charge in [-0.3, -0.25) is 0 Å². The van der Waals surface area contributed by atoms with E-state index in [0.717, 1.165) is 31.8 Å². The molecule has 0 aliphatic rings. The van der Waals surface area contributed by atoms with Crippen molar-refractivity contribution in [1.82, 2.24) is 9.97 Å². The molecule has 0 saturated carbocycles. The Labute approximate surface area is 122 Å². The zero-order valence-electron chi connectivity index (χ0n) is 10.1. The Hall–Kier alpha value is -1.66. The third kappa shape index (κ3) is 2.29. The average molecular weight is 335 g/mol. The number of nitrogens with two attached hydrogens (primary N) is 1. The van der Waals surface area contributed by atoms with E-state index in [0.29, 0.717) is 0 Å². The van der Waals surface area contributed by atoms with Gasteiger partial charge in [0.2, 0.25) is 5.95 Å². The lowest BCUT2D eigenvalue weighted by molar-refractivity contribution is 1.24. The Kier molecular flexibility index (Phi) is 3.12. The summed E-state index contributed by atoms with van der Waals surface area (Å²) >= 11 is 5.07. The van der Waals surface area contributed by atoms with Crippen LogP contribution < -0.4 is 11.1 Å². The molecule has 4 nitrogen and oxygen atoms in total. The fourth-order valence-corrected chi connectivity index (χ4v) is 2.97. The van der Waals surface area contributed by atoms with Gasteiger partial charge in [-0.1, -0.05) is 22.0 Å². The van der Waals surface area contributed by atoms with Crippen molar-refractivity contribution >= 4 is 54.9 Å². The van der Waals surface area contributed by atoms with Crippen LogP contribution in [-0.4, -0.2) is 9.97 Å². The SMILES string of the molecule is Cc1c(Br)cccc1Nc1nc(N)nc2sccc12. The maximum atomic E-state index is 5.74. The van der Waals surface area contributed by atoms with Crippen molar-refractivity contribution < 1.29 is 0 Å². The third-order valence-electron chi connectivity index (χ3n) is 2.86. The zero-order valence-corrected chi connectivity index (χ0v) is 12.5. The first-order valence-electron chi connectivity index (χ1n) is 5.68. The molecule has 0 amide bonds. The van der Waals surface area contributed by atoms with Crippen LogP contribution in [0.3, 0.4) is 0 Å². The van der Waals surface area contributed by atoms with E-state index in [4.69, 9.17) is 5.73 Å². The minimum absolute atomic E-state index is 0.282. The highest BCUT2D eigenvalue weighted by Gasteiger charge is 2.09. The number of halogens is 1. The maximum absolute atomic E-state index is 5.74. The molecule has 0 fully saturated rings. The Morgan fingerprint density at radius 2 is 2.11 bits per heavy atom. The summed E-state index contributed by atoms with van der Waals surface area (Å²) in [6, 6.07) is 8.00. The Balaban J connectivity index is 2.10. The number of aromatic nitrogens is 2. The molecule has 0 bridgehead atoms. The summed E-state index contributed by atoms with van der Waals surface area (Å²) < 4.78 is 1.06. The van der Waals surface area contributed by atoms with Crippen LogP contribution in [0.25, 0.3) is 10.2 Å². The lowest BCUT2D eigenvalue weighted by Crippen LogP contribution is -2.01. The van der Waals surface area contributed by atoms with Crippen LogP contribution in [0.15, 0.2) is 34.1 Å². The van der Waals surface area contributed by atoms with Gasteiger partial charge < -0.3 is 11.1 Å². The van der Waals surface area contributed by atoms with Crippen molar-refractivity contribution in [3.8, 4) is 0 Å². The van der Waals surface area contributed by atoms with Gasteiger partial charge in [-0.25, -0.2) is 4.98 Å². The second kappa shape index (κ2) is 4.79. The van der Waals surface area contributed by atoms with Crippen LogP contribution in [0.2, 0.25) is 0 Å². The molecule has 0 spiro atoms. The molecule has 3 rings (SSSR count). The molecule has 6 heteroatoms. The van der Waals surface area contributed by atoms with E-state index in [-0.39, 0.29) is 5.95 Å². The predicted molar refractivity (Wildman–Crippen MR) is 84.0 cm³/mol. The summed E-state index contributed by atoms with van der Waals surface area (Å²) in [7, 11) is 0. The maximum Gasteiger partial charge on any atom is 0.223 e. The average Bonchev–Trinajstić information content (AvgIpc) is 2.83. The van der Waals surface area contributed by atoms with E-state index in [1.54, 1.807) is 11.3 Å². The van der Waals surface area contributed by atoms with E-state index in [9.17, 15) is 0 Å². The Morgan fingerprint density at radius 1 is 1.26 bits per heavy atom. The lowest BCUT2D eigenvalue weighted by Gasteiger charge is -2.11. The molecule has 0 atom stereocenters. The molecule has 0 radical (unpaired) electrons. The highest BCUT2D eigenvalue weighted by Crippen LogP contribution is 2.31. The number of thiophene rings is 1. The smallest absolute Gasteiger partial charge is 0.223 e. The lowest BCUT2D eigenvalue weighted by atomic mass is 10.2. The van der Waals surface area contributed by atoms with E-state index in [1.165, 1.54) is 0 Å². The van der Waals surface area contributed by atoms with Gasteiger partial charge in [-0.15, -0.1) is 11.3 Å². The van der Waals surface area contributed by atoms with Crippen LogP contribution in [0.5, 0.6) is 0 Å². The van der Waals surface area contributed by atoms with Crippen LogP contribution in [0, 0.1) is 6.92 Å². The van der Waals surface area contributed by atoms with E-state index in [1.807, 2.05) is 36.6 Å². The second-order valence-corrected chi connectivity index (χ2v) is 5.86. The van der Waals surface area contributed by atoms with Gasteiger partial charge in [-0.2, -0.15) is 4.98 Å². The molecule has 3 aromatic rings. The van der Waals surface area contributed by atoms with Crippen LogP contribution in [0.1, 0.15) is 5.56 Å². The first-order chi connectivity index (χ1) is 9.15. The first-order valence-corrected chi connectivity index (χ1v) is 7.35. The number of anilines is 3. The van der Waals surface area contributed by atoms with Crippen molar-refractivity contribution in [2.75, 3.05) is 11.1 Å². The molecule has 19 heavy (non-hydrogen) atoms. The van der Waals surface area contributed by atoms with Gasteiger partial charge >= 0.3 is 0 Å². The zero-order chi connectivity index (χ0) is 13.4. The van der Waals surface area contributed by atoms with Gasteiger partial charge in [0.05, 0.1) is 5.39 Å². The summed E-state index contributed by atoms with van der Waals surface area (Å²) in [4.78, 5) is 9.39. The topological polar surface area (TPSA) is 63.8 Å². The van der Waals surface area contributed by atoms with Gasteiger partial charge in [0.15, 0.2) is 0 Å². The fourth-order valence-electron chi connectivity index (χ4n) is 1.84. The highest BCUT2D eigenvalue weighted by molar-refractivity contribution is 9.10. The number of nitrogen functional groups attached to an aromatic ring is 1. The number of hydrogen-bond acceptors (Lipinski definition) is 5. The Morgan fingerprint density at radius 3 is 2.95 bits per heavy atom. The van der Waals surface area contributed by atoms with Gasteiger partial charge in [-0.05, 0) is 36.1 Å². The fraction of sp³-hybridized carbons (Fsp3) is 0.0769. The number of benzene rings is 1. The third-order valence-corrected chi connectivity index (χ3v) is 4.53. The second-order valence-electron chi connectivity index (χ2n) is 4.11. The van der Waals surface area contributed by atoms with Crippen LogP contribution in [0.4, 0.5) is 17.5 Å². The van der Waals surface area contributed by atoms with Crippen molar-refractivity contribution in [3.05, 3.63) is 39.7 Å². The minimum atomic E-state index is 0.282. The quantitative estimate of drug-likeness (QED) is 0.740. The molecule has 96 valence electrons. The summed E-state index contributed by atoms with van der Waals surface area (Å²) in [5, 5.41) is 6.30. The monoisotopic (exact) mass is 334 g/mol. The number of rotatable bonds is 2. The van der Waals surface area contributed by atoms with E-state index < -0.39 is 0 Å². The molecule has 2 heterocycles. The Bertz CT molecular complexity index is 753. The van der Waals surface area contributed by atoms with Gasteiger partial charge in [0, 0.05) is 10.2 Å². The molecular formula is C13H11BrN4S. The summed E-state index contributed by atoms with van der Waals surface area (Å²) in [6.07, 6.45) is 0. The van der Waals surface area contributed by atoms with Crippen molar-refractivity contribution in [3.63, 3.8) is 0 Å². The number of hydrogen-bond donors (Lipinski definition) is 2. The summed E-state index contributed by atoms with van der Waals surface area (Å²) in [5.41, 5.74) is 7.87. The van der Waals surface area contributed by atoms with Gasteiger partial charge in [0.1, 0.15) is 10.6 Å². The molecular weight excluding hydrogens is 324 g/mol. The minimum Gasteiger partial charge on any atom is -0.368 e. The molecule has 0 aliphatic carbocycles. The largest absolute Gasteiger partial charge is 0.368 e. The van der Waals surface area contributed by atoms with Crippen molar-refractivity contribution in [1.29, 1.82) is 0 Å². The number of fused-ring (bicyclic) bond motifs is 1. The van der Waals surface area contributed by atoms with E-state index >= 15 is 0 Å².